The lowest BCUT2D eigenvalue weighted by atomic mass is 10.1. The van der Waals surface area contributed by atoms with Crippen molar-refractivity contribution in [2.24, 2.45) is 0 Å². The van der Waals surface area contributed by atoms with E-state index in [9.17, 15) is 4.79 Å². The van der Waals surface area contributed by atoms with E-state index in [4.69, 9.17) is 9.47 Å². The molecule has 1 atom stereocenters. The van der Waals surface area contributed by atoms with Crippen molar-refractivity contribution in [1.29, 1.82) is 0 Å². The molecule has 1 fully saturated rings. The molecule has 2 heterocycles. The van der Waals surface area contributed by atoms with Crippen LogP contribution in [0.1, 0.15) is 34.9 Å². The third kappa shape index (κ3) is 2.99. The van der Waals surface area contributed by atoms with E-state index in [1.54, 1.807) is 38.6 Å². The van der Waals surface area contributed by atoms with Crippen molar-refractivity contribution in [3.63, 3.8) is 0 Å². The number of carbonyl (C=O) groups excluding carboxylic acids is 1. The lowest BCUT2D eigenvalue weighted by Gasteiger charge is -2.24. The van der Waals surface area contributed by atoms with Crippen molar-refractivity contribution in [1.82, 2.24) is 9.88 Å². The molecular weight excluding hydrogens is 292 g/mol. The molecule has 0 bridgehead atoms. The maximum absolute atomic E-state index is 12.9. The predicted molar refractivity (Wildman–Crippen MR) is 86.8 cm³/mol. The molecular formula is C18H20N2O3. The van der Waals surface area contributed by atoms with E-state index in [2.05, 4.69) is 4.98 Å². The molecule has 0 N–H and O–H groups in total. The number of likely N-dealkylation sites (tertiary alicyclic amines) is 1. The van der Waals surface area contributed by atoms with Crippen LogP contribution in [-0.4, -0.2) is 36.6 Å². The zero-order valence-corrected chi connectivity index (χ0v) is 13.4. The fraction of sp³-hybridized carbons (Fsp3) is 0.333. The van der Waals surface area contributed by atoms with E-state index >= 15 is 0 Å². The van der Waals surface area contributed by atoms with Crippen LogP contribution >= 0.6 is 0 Å². The highest BCUT2D eigenvalue weighted by Gasteiger charge is 2.31. The largest absolute Gasteiger partial charge is 0.493 e. The number of aromatic nitrogens is 1. The Morgan fingerprint density at radius 3 is 2.70 bits per heavy atom. The van der Waals surface area contributed by atoms with Crippen molar-refractivity contribution in [2.75, 3.05) is 20.8 Å². The third-order valence-electron chi connectivity index (χ3n) is 4.17. The predicted octanol–water partition coefficient (Wildman–Crippen LogP) is 3.08. The fourth-order valence-electron chi connectivity index (χ4n) is 3.03. The van der Waals surface area contributed by atoms with Gasteiger partial charge >= 0.3 is 0 Å². The van der Waals surface area contributed by atoms with Gasteiger partial charge in [0.2, 0.25) is 0 Å². The number of methoxy groups -OCH3 is 2. The van der Waals surface area contributed by atoms with E-state index in [-0.39, 0.29) is 11.9 Å². The molecule has 0 aliphatic carbocycles. The highest BCUT2D eigenvalue weighted by molar-refractivity contribution is 5.95. The van der Waals surface area contributed by atoms with Gasteiger partial charge in [-0.2, -0.15) is 0 Å². The van der Waals surface area contributed by atoms with Crippen molar-refractivity contribution in [2.45, 2.75) is 18.9 Å². The molecule has 1 aromatic carbocycles. The summed E-state index contributed by atoms with van der Waals surface area (Å²) in [6.45, 7) is 0.744. The van der Waals surface area contributed by atoms with E-state index in [0.29, 0.717) is 17.1 Å². The first kappa shape index (κ1) is 15.3. The average Bonchev–Trinajstić information content (AvgIpc) is 3.11. The minimum absolute atomic E-state index is 0.000828. The number of nitrogens with zero attached hydrogens (tertiary/aromatic N) is 2. The second kappa shape index (κ2) is 6.69. The summed E-state index contributed by atoms with van der Waals surface area (Å²) < 4.78 is 10.5. The summed E-state index contributed by atoms with van der Waals surface area (Å²) in [7, 11) is 3.15. The molecule has 2 aromatic rings. The Morgan fingerprint density at radius 1 is 1.17 bits per heavy atom. The van der Waals surface area contributed by atoms with Crippen molar-refractivity contribution in [3.8, 4) is 11.5 Å². The summed E-state index contributed by atoms with van der Waals surface area (Å²) in [6.07, 6.45) is 3.70. The number of hydrogen-bond donors (Lipinski definition) is 0. The van der Waals surface area contributed by atoms with Crippen LogP contribution in [0.4, 0.5) is 0 Å². The van der Waals surface area contributed by atoms with Gasteiger partial charge in [-0.05, 0) is 43.2 Å². The zero-order chi connectivity index (χ0) is 16.2. The topological polar surface area (TPSA) is 51.7 Å². The molecule has 23 heavy (non-hydrogen) atoms. The first-order chi connectivity index (χ1) is 11.2. The molecule has 1 aliphatic rings. The van der Waals surface area contributed by atoms with Crippen LogP contribution in [0.25, 0.3) is 0 Å². The van der Waals surface area contributed by atoms with Gasteiger partial charge in [-0.25, -0.2) is 0 Å². The maximum atomic E-state index is 12.9. The molecule has 5 heteroatoms. The van der Waals surface area contributed by atoms with Gasteiger partial charge in [0.15, 0.2) is 11.5 Å². The molecule has 3 rings (SSSR count). The summed E-state index contributed by atoms with van der Waals surface area (Å²) in [5, 5.41) is 0. The molecule has 1 aromatic heterocycles. The SMILES string of the molecule is COc1ccc(C(=O)N2CCCC2c2ccccn2)cc1OC. The first-order valence-corrected chi connectivity index (χ1v) is 7.68. The van der Waals surface area contributed by atoms with Gasteiger partial charge < -0.3 is 14.4 Å². The number of ether oxygens (including phenoxy) is 2. The van der Waals surface area contributed by atoms with Crippen LogP contribution in [0.15, 0.2) is 42.6 Å². The van der Waals surface area contributed by atoms with Crippen LogP contribution in [0, 0.1) is 0 Å². The number of amides is 1. The van der Waals surface area contributed by atoms with Crippen molar-refractivity contribution >= 4 is 5.91 Å². The van der Waals surface area contributed by atoms with Gasteiger partial charge in [0.1, 0.15) is 0 Å². The third-order valence-corrected chi connectivity index (χ3v) is 4.17. The number of rotatable bonds is 4. The second-order valence-corrected chi connectivity index (χ2v) is 5.48. The number of carbonyl (C=O) groups is 1. The van der Waals surface area contributed by atoms with Gasteiger partial charge in [0.05, 0.1) is 26.0 Å². The van der Waals surface area contributed by atoms with E-state index in [1.807, 2.05) is 23.1 Å². The van der Waals surface area contributed by atoms with E-state index < -0.39 is 0 Å². The van der Waals surface area contributed by atoms with Crippen LogP contribution < -0.4 is 9.47 Å². The maximum Gasteiger partial charge on any atom is 0.254 e. The van der Waals surface area contributed by atoms with Gasteiger partial charge in [-0.15, -0.1) is 0 Å². The Labute approximate surface area is 135 Å². The van der Waals surface area contributed by atoms with Crippen LogP contribution in [0.2, 0.25) is 0 Å². The molecule has 1 amide bonds. The molecule has 120 valence electrons. The molecule has 0 spiro atoms. The molecule has 0 radical (unpaired) electrons. The smallest absolute Gasteiger partial charge is 0.254 e. The Balaban J connectivity index is 1.87. The van der Waals surface area contributed by atoms with Crippen LogP contribution in [0.3, 0.4) is 0 Å². The summed E-state index contributed by atoms with van der Waals surface area (Å²) in [6, 6.07) is 11.1. The summed E-state index contributed by atoms with van der Waals surface area (Å²) in [5.41, 5.74) is 1.55. The van der Waals surface area contributed by atoms with Crippen molar-refractivity contribution in [3.05, 3.63) is 53.9 Å². The summed E-state index contributed by atoms with van der Waals surface area (Å²) in [5.74, 6) is 1.18. The number of hydrogen-bond acceptors (Lipinski definition) is 4. The molecule has 1 unspecified atom stereocenters. The van der Waals surface area contributed by atoms with Gasteiger partial charge in [-0.1, -0.05) is 6.07 Å². The summed E-state index contributed by atoms with van der Waals surface area (Å²) >= 11 is 0. The average molecular weight is 312 g/mol. The molecule has 1 aliphatic heterocycles. The second-order valence-electron chi connectivity index (χ2n) is 5.48. The lowest BCUT2D eigenvalue weighted by Crippen LogP contribution is -2.31. The number of benzene rings is 1. The Morgan fingerprint density at radius 2 is 2.00 bits per heavy atom. The van der Waals surface area contributed by atoms with Crippen molar-refractivity contribution < 1.29 is 14.3 Å². The number of pyridine rings is 1. The Hall–Kier alpha value is -2.56. The minimum Gasteiger partial charge on any atom is -0.493 e. The fourth-order valence-corrected chi connectivity index (χ4v) is 3.03. The molecule has 5 nitrogen and oxygen atoms in total. The highest BCUT2D eigenvalue weighted by Crippen LogP contribution is 2.34. The molecule has 1 saturated heterocycles. The lowest BCUT2D eigenvalue weighted by molar-refractivity contribution is 0.0732. The quantitative estimate of drug-likeness (QED) is 0.870. The highest BCUT2D eigenvalue weighted by atomic mass is 16.5. The van der Waals surface area contributed by atoms with E-state index in [0.717, 1.165) is 25.1 Å². The summed E-state index contributed by atoms with van der Waals surface area (Å²) in [4.78, 5) is 19.2. The monoisotopic (exact) mass is 312 g/mol. The minimum atomic E-state index is -0.000828. The van der Waals surface area contributed by atoms with Crippen LogP contribution in [0.5, 0.6) is 11.5 Å². The van der Waals surface area contributed by atoms with Gasteiger partial charge in [-0.3, -0.25) is 9.78 Å². The van der Waals surface area contributed by atoms with Gasteiger partial charge in [0, 0.05) is 18.3 Å². The first-order valence-electron chi connectivity index (χ1n) is 7.68. The normalized spacial score (nSPS) is 17.1. The van der Waals surface area contributed by atoms with Gasteiger partial charge in [0.25, 0.3) is 5.91 Å². The standard InChI is InChI=1S/C18H20N2O3/c1-22-16-9-8-13(12-17(16)23-2)18(21)20-11-5-7-15(20)14-6-3-4-10-19-14/h3-4,6,8-10,12,15H,5,7,11H2,1-2H3. The van der Waals surface area contributed by atoms with E-state index in [1.165, 1.54) is 0 Å². The Kier molecular flexibility index (Phi) is 4.46. The zero-order valence-electron chi connectivity index (χ0n) is 13.4. The van der Waals surface area contributed by atoms with Crippen LogP contribution in [-0.2, 0) is 0 Å². The Bertz CT molecular complexity index is 688. The molecule has 0 saturated carbocycles.